The molecule has 6 heteroatoms. The molecule has 1 unspecified atom stereocenters. The second-order valence-electron chi connectivity index (χ2n) is 6.25. The third-order valence-electron chi connectivity index (χ3n) is 4.48. The zero-order chi connectivity index (χ0) is 18.5. The first kappa shape index (κ1) is 18.7. The molecule has 1 atom stereocenters. The Balaban J connectivity index is 1.70. The summed E-state index contributed by atoms with van der Waals surface area (Å²) >= 11 is 2.22. The van der Waals surface area contributed by atoms with E-state index in [1.54, 1.807) is 12.0 Å². The van der Waals surface area contributed by atoms with E-state index in [9.17, 15) is 9.59 Å². The summed E-state index contributed by atoms with van der Waals surface area (Å²) in [5.74, 6) is 0.637. The van der Waals surface area contributed by atoms with Gasteiger partial charge in [0.1, 0.15) is 11.8 Å². The Morgan fingerprint density at radius 2 is 1.92 bits per heavy atom. The van der Waals surface area contributed by atoms with Gasteiger partial charge < -0.3 is 15.0 Å². The van der Waals surface area contributed by atoms with E-state index in [0.29, 0.717) is 13.0 Å². The maximum Gasteiger partial charge on any atom is 0.245 e. The van der Waals surface area contributed by atoms with E-state index < -0.39 is 6.04 Å². The molecule has 5 nitrogen and oxygen atoms in total. The summed E-state index contributed by atoms with van der Waals surface area (Å²) in [4.78, 5) is 26.6. The Morgan fingerprint density at radius 1 is 1.15 bits per heavy atom. The van der Waals surface area contributed by atoms with Crippen molar-refractivity contribution in [3.63, 3.8) is 0 Å². The van der Waals surface area contributed by atoms with E-state index >= 15 is 0 Å². The predicted molar refractivity (Wildman–Crippen MR) is 108 cm³/mol. The number of methoxy groups -OCH3 is 1. The third-order valence-corrected chi connectivity index (χ3v) is 5.70. The van der Waals surface area contributed by atoms with Crippen molar-refractivity contribution in [1.29, 1.82) is 0 Å². The predicted octanol–water partition coefficient (Wildman–Crippen LogP) is 2.41. The SMILES string of the molecule is COc1cccc(CC2NC(=O)CN(CCc3ccccc3)C2=O)c1I. The number of nitrogens with one attached hydrogen (secondary N) is 1. The van der Waals surface area contributed by atoms with Crippen molar-refractivity contribution in [2.24, 2.45) is 0 Å². The molecule has 1 fully saturated rings. The van der Waals surface area contributed by atoms with Crippen LogP contribution < -0.4 is 10.1 Å². The molecule has 0 spiro atoms. The maximum atomic E-state index is 12.8. The number of nitrogens with zero attached hydrogens (tertiary/aromatic N) is 1. The fraction of sp³-hybridized carbons (Fsp3) is 0.300. The van der Waals surface area contributed by atoms with Gasteiger partial charge in [-0.25, -0.2) is 0 Å². The summed E-state index contributed by atoms with van der Waals surface area (Å²) in [6.45, 7) is 0.666. The molecule has 0 aromatic heterocycles. The summed E-state index contributed by atoms with van der Waals surface area (Å²) in [6.07, 6.45) is 1.20. The summed E-state index contributed by atoms with van der Waals surface area (Å²) < 4.78 is 6.31. The van der Waals surface area contributed by atoms with Gasteiger partial charge in [-0.1, -0.05) is 42.5 Å². The van der Waals surface area contributed by atoms with Gasteiger partial charge in [-0.15, -0.1) is 0 Å². The van der Waals surface area contributed by atoms with Gasteiger partial charge in [-0.3, -0.25) is 9.59 Å². The van der Waals surface area contributed by atoms with Crippen LogP contribution in [0.3, 0.4) is 0 Å². The number of halogens is 1. The van der Waals surface area contributed by atoms with Crippen LogP contribution in [-0.2, 0) is 22.4 Å². The Labute approximate surface area is 166 Å². The van der Waals surface area contributed by atoms with Crippen LogP contribution in [-0.4, -0.2) is 43.0 Å². The zero-order valence-electron chi connectivity index (χ0n) is 14.6. The maximum absolute atomic E-state index is 12.8. The number of piperazine rings is 1. The molecule has 2 amide bonds. The molecule has 1 aliphatic heterocycles. The minimum Gasteiger partial charge on any atom is -0.496 e. The summed E-state index contributed by atoms with van der Waals surface area (Å²) in [6, 6.07) is 15.2. The lowest BCUT2D eigenvalue weighted by Crippen LogP contribution is -2.59. The number of carbonyl (C=O) groups excluding carboxylic acids is 2. The highest BCUT2D eigenvalue weighted by Crippen LogP contribution is 2.25. The van der Waals surface area contributed by atoms with Crippen LogP contribution in [0.4, 0.5) is 0 Å². The summed E-state index contributed by atoms with van der Waals surface area (Å²) in [5, 5.41) is 2.83. The molecule has 1 saturated heterocycles. The van der Waals surface area contributed by atoms with Gasteiger partial charge in [0, 0.05) is 13.0 Å². The molecular formula is C20H21IN2O3. The average molecular weight is 464 g/mol. The molecule has 1 N–H and O–H groups in total. The lowest BCUT2D eigenvalue weighted by atomic mass is 10.0. The van der Waals surface area contributed by atoms with Crippen molar-refractivity contribution in [1.82, 2.24) is 10.2 Å². The Kier molecular flexibility index (Phi) is 6.13. The van der Waals surface area contributed by atoms with Crippen molar-refractivity contribution in [2.45, 2.75) is 18.9 Å². The number of amides is 2. The van der Waals surface area contributed by atoms with E-state index in [-0.39, 0.29) is 18.4 Å². The van der Waals surface area contributed by atoms with Crippen molar-refractivity contribution >= 4 is 34.4 Å². The van der Waals surface area contributed by atoms with Crippen LogP contribution in [0.15, 0.2) is 48.5 Å². The Morgan fingerprint density at radius 3 is 2.65 bits per heavy atom. The topological polar surface area (TPSA) is 58.6 Å². The second-order valence-corrected chi connectivity index (χ2v) is 7.33. The van der Waals surface area contributed by atoms with Gasteiger partial charge in [-0.2, -0.15) is 0 Å². The number of benzene rings is 2. The van der Waals surface area contributed by atoms with Gasteiger partial charge in [0.15, 0.2) is 0 Å². The standard InChI is InChI=1S/C20H21IN2O3/c1-26-17-9-5-8-15(19(17)21)12-16-20(25)23(13-18(24)22-16)11-10-14-6-3-2-4-7-14/h2-9,16H,10-13H2,1H3,(H,22,24). The molecule has 3 rings (SSSR count). The van der Waals surface area contributed by atoms with E-state index in [2.05, 4.69) is 27.9 Å². The van der Waals surface area contributed by atoms with E-state index in [4.69, 9.17) is 4.74 Å². The number of rotatable bonds is 6. The van der Waals surface area contributed by atoms with Gasteiger partial charge in [-0.05, 0) is 46.2 Å². The van der Waals surface area contributed by atoms with Gasteiger partial charge in [0.2, 0.25) is 11.8 Å². The molecular weight excluding hydrogens is 443 g/mol. The van der Waals surface area contributed by atoms with Crippen LogP contribution >= 0.6 is 22.6 Å². The molecule has 26 heavy (non-hydrogen) atoms. The summed E-state index contributed by atoms with van der Waals surface area (Å²) in [7, 11) is 1.63. The monoisotopic (exact) mass is 464 g/mol. The first-order valence-corrected chi connectivity index (χ1v) is 9.60. The van der Waals surface area contributed by atoms with Crippen LogP contribution in [0.1, 0.15) is 11.1 Å². The van der Waals surface area contributed by atoms with Crippen LogP contribution in [0.2, 0.25) is 0 Å². The normalized spacial score (nSPS) is 17.2. The Hall–Kier alpha value is -2.09. The second kappa shape index (κ2) is 8.53. The van der Waals surface area contributed by atoms with Gasteiger partial charge >= 0.3 is 0 Å². The van der Waals surface area contributed by atoms with E-state index in [1.165, 1.54) is 0 Å². The lowest BCUT2D eigenvalue weighted by Gasteiger charge is -2.33. The molecule has 0 saturated carbocycles. The molecule has 1 heterocycles. The highest BCUT2D eigenvalue weighted by Gasteiger charge is 2.32. The van der Waals surface area contributed by atoms with Crippen molar-refractivity contribution in [2.75, 3.05) is 20.2 Å². The first-order valence-electron chi connectivity index (χ1n) is 8.52. The van der Waals surface area contributed by atoms with Crippen molar-refractivity contribution < 1.29 is 14.3 Å². The fourth-order valence-electron chi connectivity index (χ4n) is 3.10. The fourth-order valence-corrected chi connectivity index (χ4v) is 3.90. The zero-order valence-corrected chi connectivity index (χ0v) is 16.7. The van der Waals surface area contributed by atoms with E-state index in [0.717, 1.165) is 26.9 Å². The van der Waals surface area contributed by atoms with Gasteiger partial charge in [0.05, 0.1) is 17.2 Å². The highest BCUT2D eigenvalue weighted by molar-refractivity contribution is 14.1. The third kappa shape index (κ3) is 4.35. The highest BCUT2D eigenvalue weighted by atomic mass is 127. The largest absolute Gasteiger partial charge is 0.496 e. The average Bonchev–Trinajstić information content (AvgIpc) is 2.65. The smallest absolute Gasteiger partial charge is 0.245 e. The molecule has 0 aliphatic carbocycles. The van der Waals surface area contributed by atoms with Gasteiger partial charge in [0.25, 0.3) is 0 Å². The van der Waals surface area contributed by atoms with Crippen molar-refractivity contribution in [3.8, 4) is 5.75 Å². The summed E-state index contributed by atoms with van der Waals surface area (Å²) in [5.41, 5.74) is 2.15. The van der Waals surface area contributed by atoms with Crippen LogP contribution in [0.25, 0.3) is 0 Å². The minimum absolute atomic E-state index is 0.0286. The van der Waals surface area contributed by atoms with E-state index in [1.807, 2.05) is 48.5 Å². The van der Waals surface area contributed by atoms with Crippen molar-refractivity contribution in [3.05, 3.63) is 63.2 Å². The number of carbonyl (C=O) groups is 2. The number of hydrogen-bond donors (Lipinski definition) is 1. The lowest BCUT2D eigenvalue weighted by molar-refractivity contribution is -0.144. The Bertz CT molecular complexity index is 795. The number of hydrogen-bond acceptors (Lipinski definition) is 3. The van der Waals surface area contributed by atoms with Crippen LogP contribution in [0, 0.1) is 3.57 Å². The molecule has 136 valence electrons. The minimum atomic E-state index is -0.535. The number of ether oxygens (including phenoxy) is 1. The molecule has 1 aliphatic rings. The molecule has 2 aromatic rings. The molecule has 0 radical (unpaired) electrons. The molecule has 2 aromatic carbocycles. The first-order chi connectivity index (χ1) is 12.6. The van der Waals surface area contributed by atoms with Crippen LogP contribution in [0.5, 0.6) is 5.75 Å². The quantitative estimate of drug-likeness (QED) is 0.669. The molecule has 0 bridgehead atoms.